The number of non-ortho nitro benzene ring substituents is 1. The van der Waals surface area contributed by atoms with Crippen LogP contribution in [0.5, 0.6) is 0 Å². The van der Waals surface area contributed by atoms with Crippen molar-refractivity contribution in [2.24, 2.45) is 0 Å². The number of amides is 1. The van der Waals surface area contributed by atoms with E-state index >= 15 is 0 Å². The Hall–Kier alpha value is -1.12. The van der Waals surface area contributed by atoms with Crippen LogP contribution in [-0.4, -0.2) is 43.4 Å². The lowest BCUT2D eigenvalue weighted by Gasteiger charge is -2.26. The molecule has 3 rings (SSSR count). The van der Waals surface area contributed by atoms with E-state index in [-0.39, 0.29) is 17.5 Å². The molecule has 0 radical (unpaired) electrons. The highest BCUT2D eigenvalue weighted by atomic mass is 32.2. The summed E-state index contributed by atoms with van der Waals surface area (Å²) < 4.78 is 0.0570. The standard InChI is InChI=1S/C13H12N2O3S3/c1-14-11(16)13(21-12(14)19)7-20-6-10(13)8-2-4-9(5-3-8)15(17)18/h2-5,10H,6-7H2,1H3/t10-,13-/m1/s1. The minimum Gasteiger partial charge on any atom is -0.300 e. The number of nitrogens with zero attached hydrogens (tertiary/aromatic N) is 2. The lowest BCUT2D eigenvalue weighted by molar-refractivity contribution is -0.384. The molecule has 0 saturated carbocycles. The second kappa shape index (κ2) is 5.26. The predicted molar refractivity (Wildman–Crippen MR) is 88.9 cm³/mol. The molecule has 21 heavy (non-hydrogen) atoms. The maximum Gasteiger partial charge on any atom is 0.269 e. The number of nitro groups is 1. The van der Waals surface area contributed by atoms with Crippen molar-refractivity contribution in [3.8, 4) is 0 Å². The first-order chi connectivity index (χ1) is 9.95. The lowest BCUT2D eigenvalue weighted by Crippen LogP contribution is -2.42. The van der Waals surface area contributed by atoms with Crippen LogP contribution >= 0.6 is 35.7 Å². The molecule has 2 heterocycles. The van der Waals surface area contributed by atoms with E-state index in [1.54, 1.807) is 35.8 Å². The van der Waals surface area contributed by atoms with Crippen LogP contribution < -0.4 is 0 Å². The molecule has 1 aromatic rings. The van der Waals surface area contributed by atoms with E-state index in [2.05, 4.69) is 0 Å². The molecule has 0 aliphatic carbocycles. The molecule has 8 heteroatoms. The molecule has 1 spiro atoms. The summed E-state index contributed by atoms with van der Waals surface area (Å²) in [6.45, 7) is 0. The van der Waals surface area contributed by atoms with Gasteiger partial charge < -0.3 is 0 Å². The summed E-state index contributed by atoms with van der Waals surface area (Å²) in [6.07, 6.45) is 0. The number of rotatable bonds is 2. The van der Waals surface area contributed by atoms with Crippen LogP contribution in [0.3, 0.4) is 0 Å². The largest absolute Gasteiger partial charge is 0.300 e. The molecule has 0 unspecified atom stereocenters. The van der Waals surface area contributed by atoms with Crippen LogP contribution in [0.1, 0.15) is 11.5 Å². The quantitative estimate of drug-likeness (QED) is 0.468. The van der Waals surface area contributed by atoms with Gasteiger partial charge in [0.25, 0.3) is 5.69 Å². The van der Waals surface area contributed by atoms with E-state index in [1.807, 2.05) is 0 Å². The summed E-state index contributed by atoms with van der Waals surface area (Å²) in [6, 6.07) is 6.51. The molecule has 0 aromatic heterocycles. The average molecular weight is 340 g/mol. The number of thioether (sulfide) groups is 2. The Labute approximate surface area is 135 Å². The molecular formula is C13H12N2O3S3. The van der Waals surface area contributed by atoms with E-state index in [0.29, 0.717) is 4.32 Å². The minimum atomic E-state index is -0.549. The Morgan fingerprint density at radius 1 is 1.43 bits per heavy atom. The van der Waals surface area contributed by atoms with E-state index < -0.39 is 9.67 Å². The molecule has 5 nitrogen and oxygen atoms in total. The second-order valence-electron chi connectivity index (χ2n) is 5.04. The van der Waals surface area contributed by atoms with Gasteiger partial charge in [0.1, 0.15) is 9.07 Å². The monoisotopic (exact) mass is 340 g/mol. The first-order valence-electron chi connectivity index (χ1n) is 6.29. The van der Waals surface area contributed by atoms with Gasteiger partial charge in [-0.15, -0.1) is 0 Å². The number of hydrogen-bond donors (Lipinski definition) is 0. The molecule has 1 aromatic carbocycles. The summed E-state index contributed by atoms with van der Waals surface area (Å²) in [5, 5.41) is 10.7. The van der Waals surface area contributed by atoms with Crippen LogP contribution in [0.15, 0.2) is 24.3 Å². The third kappa shape index (κ3) is 2.25. The molecule has 2 saturated heterocycles. The zero-order valence-corrected chi connectivity index (χ0v) is 13.6. The molecule has 2 aliphatic heterocycles. The topological polar surface area (TPSA) is 63.5 Å². The molecule has 110 valence electrons. The van der Waals surface area contributed by atoms with Gasteiger partial charge in [0, 0.05) is 36.6 Å². The van der Waals surface area contributed by atoms with Crippen LogP contribution in [-0.2, 0) is 4.79 Å². The van der Waals surface area contributed by atoms with E-state index in [1.165, 1.54) is 23.9 Å². The number of thiocarbonyl (C=S) groups is 1. The molecular weight excluding hydrogens is 328 g/mol. The Morgan fingerprint density at radius 3 is 2.62 bits per heavy atom. The molecule has 2 fully saturated rings. The fourth-order valence-electron chi connectivity index (χ4n) is 2.70. The summed E-state index contributed by atoms with van der Waals surface area (Å²) in [5.41, 5.74) is 1.03. The Morgan fingerprint density at radius 2 is 2.10 bits per heavy atom. The van der Waals surface area contributed by atoms with Crippen molar-refractivity contribution in [2.45, 2.75) is 10.7 Å². The van der Waals surface area contributed by atoms with Crippen LogP contribution in [0, 0.1) is 10.1 Å². The third-order valence-electron chi connectivity index (χ3n) is 3.88. The predicted octanol–water partition coefficient (Wildman–Crippen LogP) is 2.65. The summed E-state index contributed by atoms with van der Waals surface area (Å²) in [7, 11) is 1.71. The van der Waals surface area contributed by atoms with Crippen molar-refractivity contribution < 1.29 is 9.72 Å². The van der Waals surface area contributed by atoms with Gasteiger partial charge in [0.05, 0.1) is 4.92 Å². The van der Waals surface area contributed by atoms with Crippen molar-refractivity contribution in [3.63, 3.8) is 0 Å². The third-order valence-corrected chi connectivity index (χ3v) is 7.23. The number of carbonyl (C=O) groups is 1. The minimum absolute atomic E-state index is 0.0312. The summed E-state index contributed by atoms with van der Waals surface area (Å²) >= 11 is 8.44. The van der Waals surface area contributed by atoms with Crippen molar-refractivity contribution >= 4 is 51.7 Å². The smallest absolute Gasteiger partial charge is 0.269 e. The van der Waals surface area contributed by atoms with Gasteiger partial charge in [0.2, 0.25) is 5.91 Å². The van der Waals surface area contributed by atoms with Crippen LogP contribution in [0.25, 0.3) is 0 Å². The zero-order chi connectivity index (χ0) is 15.2. The molecule has 2 aliphatic rings. The number of carbonyl (C=O) groups excluding carboxylic acids is 1. The first kappa shape index (κ1) is 14.8. The van der Waals surface area contributed by atoms with E-state index in [0.717, 1.165) is 17.1 Å². The number of benzene rings is 1. The molecule has 1 amide bonds. The van der Waals surface area contributed by atoms with Crippen molar-refractivity contribution in [1.29, 1.82) is 0 Å². The number of hydrogen-bond acceptors (Lipinski definition) is 6. The Bertz CT molecular complexity index is 634. The molecule has 0 N–H and O–H groups in total. The highest BCUT2D eigenvalue weighted by Gasteiger charge is 2.57. The molecule has 2 atom stereocenters. The molecule has 0 bridgehead atoms. The van der Waals surface area contributed by atoms with Crippen molar-refractivity contribution in [3.05, 3.63) is 39.9 Å². The van der Waals surface area contributed by atoms with Gasteiger partial charge in [-0.2, -0.15) is 11.8 Å². The summed E-state index contributed by atoms with van der Waals surface area (Å²) in [5.74, 6) is 1.63. The van der Waals surface area contributed by atoms with Crippen LogP contribution in [0.4, 0.5) is 5.69 Å². The lowest BCUT2D eigenvalue weighted by atomic mass is 9.87. The van der Waals surface area contributed by atoms with E-state index in [4.69, 9.17) is 12.2 Å². The van der Waals surface area contributed by atoms with Gasteiger partial charge in [-0.1, -0.05) is 36.1 Å². The van der Waals surface area contributed by atoms with Gasteiger partial charge >= 0.3 is 0 Å². The average Bonchev–Trinajstić information content (AvgIpc) is 2.98. The maximum atomic E-state index is 12.6. The SMILES string of the molecule is CN1C(=O)[C@]2(CSC[C@@H]2c2ccc([N+](=O)[O-])cc2)SC1=S. The van der Waals surface area contributed by atoms with Crippen LogP contribution in [0.2, 0.25) is 0 Å². The fraction of sp³-hybridized carbons (Fsp3) is 0.385. The highest BCUT2D eigenvalue weighted by molar-refractivity contribution is 8.25. The normalized spacial score (nSPS) is 28.6. The Kier molecular flexibility index (Phi) is 3.71. The summed E-state index contributed by atoms with van der Waals surface area (Å²) in [4.78, 5) is 24.5. The first-order valence-corrected chi connectivity index (χ1v) is 8.67. The zero-order valence-electron chi connectivity index (χ0n) is 11.1. The van der Waals surface area contributed by atoms with Gasteiger partial charge in [-0.3, -0.25) is 19.8 Å². The highest BCUT2D eigenvalue weighted by Crippen LogP contribution is 2.54. The van der Waals surface area contributed by atoms with Crippen molar-refractivity contribution in [1.82, 2.24) is 4.90 Å². The number of nitro benzene ring substituents is 1. The van der Waals surface area contributed by atoms with Gasteiger partial charge in [0.15, 0.2) is 0 Å². The maximum absolute atomic E-state index is 12.6. The Balaban J connectivity index is 1.96. The van der Waals surface area contributed by atoms with Gasteiger partial charge in [-0.25, -0.2) is 0 Å². The second-order valence-corrected chi connectivity index (χ2v) is 8.03. The fourth-order valence-corrected chi connectivity index (χ4v) is 6.40. The van der Waals surface area contributed by atoms with E-state index in [9.17, 15) is 14.9 Å². The van der Waals surface area contributed by atoms with Crippen molar-refractivity contribution in [2.75, 3.05) is 18.6 Å². The van der Waals surface area contributed by atoms with Gasteiger partial charge in [-0.05, 0) is 5.56 Å².